The summed E-state index contributed by atoms with van der Waals surface area (Å²) in [6.07, 6.45) is 3.70. The number of piperazine rings is 1. The van der Waals surface area contributed by atoms with Crippen LogP contribution in [0.25, 0.3) is 0 Å². The smallest absolute Gasteiger partial charge is 0.266 e. The Hall–Kier alpha value is -2.28. The Morgan fingerprint density at radius 3 is 2.39 bits per heavy atom. The zero-order chi connectivity index (χ0) is 16.2. The second-order valence-corrected chi connectivity index (χ2v) is 5.93. The van der Waals surface area contributed by atoms with Gasteiger partial charge in [0.2, 0.25) is 5.95 Å². The summed E-state index contributed by atoms with van der Waals surface area (Å²) in [6.45, 7) is 9.04. The van der Waals surface area contributed by atoms with Crippen LogP contribution < -0.4 is 10.5 Å². The number of hydrogen-bond donors (Lipinski definition) is 0. The molecule has 0 N–H and O–H groups in total. The Morgan fingerprint density at radius 1 is 1.00 bits per heavy atom. The second kappa shape index (κ2) is 6.87. The molecular formula is C16H22N6O. The van der Waals surface area contributed by atoms with Crippen molar-refractivity contribution in [3.05, 3.63) is 46.1 Å². The zero-order valence-corrected chi connectivity index (χ0v) is 13.6. The Kier molecular flexibility index (Phi) is 4.66. The van der Waals surface area contributed by atoms with Crippen LogP contribution in [-0.4, -0.2) is 57.4 Å². The van der Waals surface area contributed by atoms with Crippen molar-refractivity contribution in [3.63, 3.8) is 0 Å². The van der Waals surface area contributed by atoms with Crippen LogP contribution in [0.5, 0.6) is 0 Å². The van der Waals surface area contributed by atoms with E-state index in [4.69, 9.17) is 0 Å². The predicted octanol–water partition coefficient (Wildman–Crippen LogP) is 0.472. The SMILES string of the molecule is Cc1cnc(N2CCN(CCn3nc(C)ccc3=O)CC2)nc1. The summed E-state index contributed by atoms with van der Waals surface area (Å²) in [5.74, 6) is 0.798. The first-order valence-corrected chi connectivity index (χ1v) is 7.92. The minimum absolute atomic E-state index is 0.0395. The van der Waals surface area contributed by atoms with Crippen molar-refractivity contribution >= 4 is 5.95 Å². The van der Waals surface area contributed by atoms with Gasteiger partial charge < -0.3 is 4.90 Å². The van der Waals surface area contributed by atoms with Gasteiger partial charge in [-0.05, 0) is 25.5 Å². The van der Waals surface area contributed by atoms with Crippen molar-refractivity contribution < 1.29 is 0 Å². The van der Waals surface area contributed by atoms with E-state index in [1.165, 1.54) is 0 Å². The number of nitrogens with zero attached hydrogens (tertiary/aromatic N) is 6. The molecule has 0 bridgehead atoms. The van der Waals surface area contributed by atoms with Crippen molar-refractivity contribution in [1.29, 1.82) is 0 Å². The Labute approximate surface area is 135 Å². The van der Waals surface area contributed by atoms with E-state index in [0.29, 0.717) is 6.54 Å². The van der Waals surface area contributed by atoms with Crippen LogP contribution in [0.2, 0.25) is 0 Å². The van der Waals surface area contributed by atoms with Crippen molar-refractivity contribution in [2.24, 2.45) is 0 Å². The molecule has 122 valence electrons. The van der Waals surface area contributed by atoms with E-state index >= 15 is 0 Å². The third kappa shape index (κ3) is 3.92. The number of aryl methyl sites for hydroxylation is 2. The lowest BCUT2D eigenvalue weighted by Crippen LogP contribution is -2.48. The summed E-state index contributed by atoms with van der Waals surface area (Å²) in [6, 6.07) is 3.33. The molecule has 0 radical (unpaired) electrons. The first-order chi connectivity index (χ1) is 11.1. The van der Waals surface area contributed by atoms with Crippen molar-refractivity contribution in [2.45, 2.75) is 20.4 Å². The Bertz CT molecular complexity index is 703. The molecule has 1 aliphatic rings. The van der Waals surface area contributed by atoms with Gasteiger partial charge in [0.15, 0.2) is 0 Å². The Morgan fingerprint density at radius 2 is 1.70 bits per heavy atom. The molecule has 0 unspecified atom stereocenters. The molecule has 0 aromatic carbocycles. The van der Waals surface area contributed by atoms with E-state index in [1.54, 1.807) is 16.8 Å². The molecule has 1 saturated heterocycles. The summed E-state index contributed by atoms with van der Waals surface area (Å²) in [5.41, 5.74) is 1.90. The highest BCUT2D eigenvalue weighted by atomic mass is 16.1. The van der Waals surface area contributed by atoms with Crippen LogP contribution in [0.15, 0.2) is 29.3 Å². The molecule has 23 heavy (non-hydrogen) atoms. The minimum Gasteiger partial charge on any atom is -0.338 e. The van der Waals surface area contributed by atoms with Gasteiger partial charge in [-0.25, -0.2) is 14.6 Å². The third-order valence-corrected chi connectivity index (χ3v) is 4.05. The van der Waals surface area contributed by atoms with Gasteiger partial charge in [0.1, 0.15) is 0 Å². The third-order valence-electron chi connectivity index (χ3n) is 4.05. The van der Waals surface area contributed by atoms with E-state index in [9.17, 15) is 4.79 Å². The monoisotopic (exact) mass is 314 g/mol. The molecule has 0 spiro atoms. The highest BCUT2D eigenvalue weighted by molar-refractivity contribution is 5.30. The van der Waals surface area contributed by atoms with Crippen molar-refractivity contribution in [1.82, 2.24) is 24.6 Å². The van der Waals surface area contributed by atoms with Crippen LogP contribution in [-0.2, 0) is 6.54 Å². The van der Waals surface area contributed by atoms with E-state index in [0.717, 1.165) is 49.9 Å². The van der Waals surface area contributed by atoms with Crippen molar-refractivity contribution in [3.8, 4) is 0 Å². The van der Waals surface area contributed by atoms with Gasteiger partial charge in [-0.1, -0.05) is 0 Å². The number of rotatable bonds is 4. The maximum Gasteiger partial charge on any atom is 0.266 e. The molecule has 7 nitrogen and oxygen atoms in total. The lowest BCUT2D eigenvalue weighted by molar-refractivity contribution is 0.241. The number of anilines is 1. The molecule has 2 aromatic rings. The molecule has 1 aliphatic heterocycles. The largest absolute Gasteiger partial charge is 0.338 e. The standard InChI is InChI=1S/C16H22N6O/c1-13-11-17-16(18-12-13)21-8-5-20(6-9-21)7-10-22-15(23)4-3-14(2)19-22/h3-4,11-12H,5-10H2,1-2H3. The highest BCUT2D eigenvalue weighted by Gasteiger charge is 2.18. The molecule has 3 heterocycles. The second-order valence-electron chi connectivity index (χ2n) is 5.93. The minimum atomic E-state index is -0.0395. The van der Waals surface area contributed by atoms with E-state index in [1.807, 2.05) is 26.2 Å². The molecule has 3 rings (SSSR count). The van der Waals surface area contributed by atoms with Crippen molar-refractivity contribution in [2.75, 3.05) is 37.6 Å². The summed E-state index contributed by atoms with van der Waals surface area (Å²) in [5, 5.41) is 4.27. The molecule has 2 aromatic heterocycles. The molecule has 7 heteroatoms. The molecule has 0 amide bonds. The van der Waals surface area contributed by atoms with Crippen LogP contribution in [0.4, 0.5) is 5.95 Å². The van der Waals surface area contributed by atoms with Crippen LogP contribution in [0, 0.1) is 13.8 Å². The van der Waals surface area contributed by atoms with Gasteiger partial charge in [0.25, 0.3) is 5.56 Å². The maximum atomic E-state index is 11.8. The topological polar surface area (TPSA) is 67.2 Å². The van der Waals surface area contributed by atoms with Crippen LogP contribution in [0.3, 0.4) is 0 Å². The summed E-state index contributed by atoms with van der Waals surface area (Å²) in [7, 11) is 0. The zero-order valence-electron chi connectivity index (χ0n) is 13.6. The quantitative estimate of drug-likeness (QED) is 0.817. The average Bonchev–Trinajstić information content (AvgIpc) is 2.57. The summed E-state index contributed by atoms with van der Waals surface area (Å²) in [4.78, 5) is 25.1. The maximum absolute atomic E-state index is 11.8. The lowest BCUT2D eigenvalue weighted by atomic mass is 10.3. The van der Waals surface area contributed by atoms with Crippen LogP contribution in [0.1, 0.15) is 11.3 Å². The Balaban J connectivity index is 1.52. The normalized spacial score (nSPS) is 15.8. The van der Waals surface area contributed by atoms with E-state index in [-0.39, 0.29) is 5.56 Å². The number of hydrogen-bond acceptors (Lipinski definition) is 6. The van der Waals surface area contributed by atoms with Gasteiger partial charge >= 0.3 is 0 Å². The van der Waals surface area contributed by atoms with Gasteiger partial charge in [0.05, 0.1) is 12.2 Å². The summed E-state index contributed by atoms with van der Waals surface area (Å²) < 4.78 is 1.55. The first-order valence-electron chi connectivity index (χ1n) is 7.92. The van der Waals surface area contributed by atoms with Crippen LogP contribution >= 0.6 is 0 Å². The van der Waals surface area contributed by atoms with Gasteiger partial charge in [-0.15, -0.1) is 0 Å². The fourth-order valence-electron chi connectivity index (χ4n) is 2.67. The average molecular weight is 314 g/mol. The predicted molar refractivity (Wildman–Crippen MR) is 88.7 cm³/mol. The fraction of sp³-hybridized carbons (Fsp3) is 0.500. The molecule has 1 fully saturated rings. The molecule has 0 aliphatic carbocycles. The van der Waals surface area contributed by atoms with Gasteiger partial charge in [-0.2, -0.15) is 5.10 Å². The highest BCUT2D eigenvalue weighted by Crippen LogP contribution is 2.10. The van der Waals surface area contributed by atoms with E-state index in [2.05, 4.69) is 24.9 Å². The molecular weight excluding hydrogens is 292 g/mol. The van der Waals surface area contributed by atoms with Gasteiger partial charge in [-0.3, -0.25) is 9.69 Å². The fourth-order valence-corrected chi connectivity index (χ4v) is 2.67. The number of aromatic nitrogens is 4. The van der Waals surface area contributed by atoms with Gasteiger partial charge in [0, 0.05) is 51.2 Å². The lowest BCUT2D eigenvalue weighted by Gasteiger charge is -2.34. The first kappa shape index (κ1) is 15.6. The van der Waals surface area contributed by atoms with E-state index < -0.39 is 0 Å². The molecule has 0 saturated carbocycles. The summed E-state index contributed by atoms with van der Waals surface area (Å²) >= 11 is 0. The molecule has 0 atom stereocenters.